The molecule has 23 heavy (non-hydrogen) atoms. The normalized spacial score (nSPS) is 11.3. The summed E-state index contributed by atoms with van der Waals surface area (Å²) in [6.45, 7) is 1.80. The van der Waals surface area contributed by atoms with Crippen molar-refractivity contribution in [3.63, 3.8) is 0 Å². The number of azide groups is 1. The fourth-order valence-corrected chi connectivity index (χ4v) is 3.78. The van der Waals surface area contributed by atoms with Gasteiger partial charge in [0.15, 0.2) is 5.65 Å². The van der Waals surface area contributed by atoms with E-state index in [1.807, 2.05) is 0 Å². The Labute approximate surface area is 132 Å². The van der Waals surface area contributed by atoms with Gasteiger partial charge >= 0.3 is 0 Å². The van der Waals surface area contributed by atoms with Gasteiger partial charge < -0.3 is 0 Å². The highest BCUT2D eigenvalue weighted by molar-refractivity contribution is 7.90. The zero-order valence-corrected chi connectivity index (χ0v) is 13.0. The Morgan fingerprint density at radius 1 is 1.30 bits per heavy atom. The van der Waals surface area contributed by atoms with Gasteiger partial charge in [0.1, 0.15) is 5.52 Å². The van der Waals surface area contributed by atoms with Crippen molar-refractivity contribution in [1.82, 2.24) is 13.9 Å². The standard InChI is InChI=1S/C14H12N6O2S/c1-10-4-2-3-5-13(10)23(21,22)20-7-6-12-14(20)16-8-11(18-12)9-17-19-15/h2-8H,9H2,1H3. The lowest BCUT2D eigenvalue weighted by Crippen LogP contribution is -2.13. The highest BCUT2D eigenvalue weighted by atomic mass is 32.2. The summed E-state index contributed by atoms with van der Waals surface area (Å²) in [6, 6.07) is 8.32. The summed E-state index contributed by atoms with van der Waals surface area (Å²) < 4.78 is 26.7. The minimum absolute atomic E-state index is 0.0646. The lowest BCUT2D eigenvalue weighted by molar-refractivity contribution is 0.588. The van der Waals surface area contributed by atoms with E-state index < -0.39 is 10.0 Å². The molecule has 0 spiro atoms. The summed E-state index contributed by atoms with van der Waals surface area (Å²) >= 11 is 0. The summed E-state index contributed by atoms with van der Waals surface area (Å²) in [5.41, 5.74) is 10.1. The molecule has 0 amide bonds. The van der Waals surface area contributed by atoms with Gasteiger partial charge in [-0.3, -0.25) is 0 Å². The van der Waals surface area contributed by atoms with Crippen LogP contribution in [-0.2, 0) is 16.6 Å². The molecular formula is C14H12N6O2S. The molecule has 116 valence electrons. The molecule has 3 aromatic rings. The molecule has 0 fully saturated rings. The summed E-state index contributed by atoms with van der Waals surface area (Å²) in [4.78, 5) is 11.3. The second kappa shape index (κ2) is 5.71. The Hall–Kier alpha value is -2.90. The molecule has 0 aliphatic carbocycles. The van der Waals surface area contributed by atoms with Crippen LogP contribution in [0.1, 0.15) is 11.3 Å². The molecule has 0 atom stereocenters. The van der Waals surface area contributed by atoms with Crippen molar-refractivity contribution in [2.45, 2.75) is 18.4 Å². The van der Waals surface area contributed by atoms with Gasteiger partial charge in [-0.15, -0.1) is 0 Å². The maximum absolute atomic E-state index is 12.8. The quantitative estimate of drug-likeness (QED) is 0.416. The molecule has 3 rings (SSSR count). The highest BCUT2D eigenvalue weighted by Gasteiger charge is 2.21. The maximum atomic E-state index is 12.8. The third kappa shape index (κ3) is 2.63. The predicted octanol–water partition coefficient (Wildman–Crippen LogP) is 2.79. The fourth-order valence-electron chi connectivity index (χ4n) is 2.25. The van der Waals surface area contributed by atoms with Crippen molar-refractivity contribution in [3.8, 4) is 0 Å². The second-order valence-electron chi connectivity index (χ2n) is 4.84. The van der Waals surface area contributed by atoms with Crippen molar-refractivity contribution < 1.29 is 8.42 Å². The second-order valence-corrected chi connectivity index (χ2v) is 6.62. The van der Waals surface area contributed by atoms with Gasteiger partial charge in [0.2, 0.25) is 0 Å². The molecule has 1 aromatic carbocycles. The first-order chi connectivity index (χ1) is 11.0. The first-order valence-electron chi connectivity index (χ1n) is 6.69. The van der Waals surface area contributed by atoms with E-state index in [4.69, 9.17) is 5.53 Å². The molecule has 0 N–H and O–H groups in total. The van der Waals surface area contributed by atoms with Gasteiger partial charge in [-0.1, -0.05) is 23.3 Å². The Morgan fingerprint density at radius 2 is 2.09 bits per heavy atom. The molecule has 0 bridgehead atoms. The third-order valence-corrected chi connectivity index (χ3v) is 5.16. The first kappa shape index (κ1) is 15.0. The minimum Gasteiger partial charge on any atom is -0.248 e. The predicted molar refractivity (Wildman–Crippen MR) is 84.1 cm³/mol. The van der Waals surface area contributed by atoms with Gasteiger partial charge in [-0.25, -0.2) is 22.4 Å². The van der Waals surface area contributed by atoms with E-state index in [2.05, 4.69) is 20.0 Å². The van der Waals surface area contributed by atoms with Crippen LogP contribution in [0.5, 0.6) is 0 Å². The van der Waals surface area contributed by atoms with Crippen LogP contribution in [0.3, 0.4) is 0 Å². The number of aryl methyl sites for hydroxylation is 1. The van der Waals surface area contributed by atoms with Crippen LogP contribution < -0.4 is 0 Å². The third-order valence-electron chi connectivity index (χ3n) is 3.33. The van der Waals surface area contributed by atoms with E-state index in [-0.39, 0.29) is 17.1 Å². The molecular weight excluding hydrogens is 316 g/mol. The molecule has 0 saturated carbocycles. The molecule has 2 aromatic heterocycles. The van der Waals surface area contributed by atoms with Crippen molar-refractivity contribution in [1.29, 1.82) is 0 Å². The summed E-state index contributed by atoms with van der Waals surface area (Å²) in [5, 5.41) is 3.42. The van der Waals surface area contributed by atoms with Gasteiger partial charge in [0, 0.05) is 11.1 Å². The highest BCUT2D eigenvalue weighted by Crippen LogP contribution is 2.22. The topological polar surface area (TPSA) is 114 Å². The summed E-state index contributed by atoms with van der Waals surface area (Å²) in [5.74, 6) is 0. The van der Waals surface area contributed by atoms with Crippen LogP contribution in [0.2, 0.25) is 0 Å². The molecule has 0 radical (unpaired) electrons. The summed E-state index contributed by atoms with van der Waals surface area (Å²) in [7, 11) is -3.75. The first-order valence-corrected chi connectivity index (χ1v) is 8.13. The zero-order chi connectivity index (χ0) is 16.4. The van der Waals surface area contributed by atoms with Crippen LogP contribution in [0, 0.1) is 6.92 Å². The summed E-state index contributed by atoms with van der Waals surface area (Å²) in [6.07, 6.45) is 2.82. The number of rotatable bonds is 4. The number of aromatic nitrogens is 3. The molecule has 0 unspecified atom stereocenters. The van der Waals surface area contributed by atoms with Crippen LogP contribution in [0.15, 0.2) is 52.7 Å². The van der Waals surface area contributed by atoms with E-state index in [0.717, 1.165) is 3.97 Å². The van der Waals surface area contributed by atoms with Gasteiger partial charge in [-0.2, -0.15) is 0 Å². The molecule has 0 saturated heterocycles. The van der Waals surface area contributed by atoms with Crippen LogP contribution in [-0.4, -0.2) is 22.4 Å². The van der Waals surface area contributed by atoms with Crippen molar-refractivity contribution in [3.05, 3.63) is 64.4 Å². The van der Waals surface area contributed by atoms with E-state index >= 15 is 0 Å². The van der Waals surface area contributed by atoms with E-state index in [1.54, 1.807) is 37.3 Å². The SMILES string of the molecule is Cc1ccccc1S(=O)(=O)n1ccc2nc(CN=[N+]=[N-])cnc21. The minimum atomic E-state index is -3.75. The van der Waals surface area contributed by atoms with Crippen LogP contribution >= 0.6 is 0 Å². The monoisotopic (exact) mass is 328 g/mol. The largest absolute Gasteiger partial charge is 0.269 e. The Morgan fingerprint density at radius 3 is 2.83 bits per heavy atom. The average molecular weight is 328 g/mol. The van der Waals surface area contributed by atoms with Gasteiger partial charge in [0.05, 0.1) is 23.3 Å². The molecule has 0 aliphatic rings. The van der Waals surface area contributed by atoms with Crippen molar-refractivity contribution >= 4 is 21.2 Å². The lowest BCUT2D eigenvalue weighted by atomic mass is 10.2. The Kier molecular flexibility index (Phi) is 3.73. The molecule has 0 aliphatic heterocycles. The smallest absolute Gasteiger partial charge is 0.248 e. The average Bonchev–Trinajstić information content (AvgIpc) is 2.97. The van der Waals surface area contributed by atoms with Crippen molar-refractivity contribution in [2.24, 2.45) is 5.11 Å². The van der Waals surface area contributed by atoms with Crippen LogP contribution in [0.4, 0.5) is 0 Å². The number of hydrogen-bond acceptors (Lipinski definition) is 5. The Bertz CT molecular complexity index is 1030. The van der Waals surface area contributed by atoms with E-state index in [1.165, 1.54) is 12.4 Å². The van der Waals surface area contributed by atoms with Crippen molar-refractivity contribution in [2.75, 3.05) is 0 Å². The molecule has 9 heteroatoms. The number of hydrogen-bond donors (Lipinski definition) is 0. The fraction of sp³-hybridized carbons (Fsp3) is 0.143. The Balaban J connectivity index is 2.14. The van der Waals surface area contributed by atoms with Gasteiger partial charge in [0.25, 0.3) is 10.0 Å². The maximum Gasteiger partial charge on any atom is 0.269 e. The van der Waals surface area contributed by atoms with Gasteiger partial charge in [-0.05, 0) is 30.2 Å². The zero-order valence-electron chi connectivity index (χ0n) is 12.2. The molecule has 2 heterocycles. The van der Waals surface area contributed by atoms with Crippen LogP contribution in [0.25, 0.3) is 21.6 Å². The van der Waals surface area contributed by atoms with E-state index in [9.17, 15) is 8.42 Å². The lowest BCUT2D eigenvalue weighted by Gasteiger charge is -2.09. The number of benzene rings is 1. The molecule has 8 nitrogen and oxygen atoms in total. The van der Waals surface area contributed by atoms with E-state index in [0.29, 0.717) is 16.8 Å². The number of nitrogens with zero attached hydrogens (tertiary/aromatic N) is 6. The number of fused-ring (bicyclic) bond motifs is 1.